The van der Waals surface area contributed by atoms with Crippen molar-refractivity contribution in [2.24, 2.45) is 4.99 Å². The predicted molar refractivity (Wildman–Crippen MR) is 158 cm³/mol. The molecule has 0 spiro atoms. The molecular weight excluding hydrogens is 454 g/mol. The maximum Gasteiger partial charge on any atom is 0.201 e. The van der Waals surface area contributed by atoms with Gasteiger partial charge in [0.25, 0.3) is 0 Å². The van der Waals surface area contributed by atoms with Gasteiger partial charge in [-0.1, -0.05) is 98.5 Å². The van der Waals surface area contributed by atoms with Crippen LogP contribution in [0.3, 0.4) is 0 Å². The van der Waals surface area contributed by atoms with Crippen molar-refractivity contribution in [3.05, 3.63) is 102 Å². The summed E-state index contributed by atoms with van der Waals surface area (Å²) in [4.78, 5) is 4.89. The number of nitrogens with one attached hydrogen (secondary N) is 2. The van der Waals surface area contributed by atoms with E-state index in [1.54, 1.807) is 0 Å². The molecule has 2 N–H and O–H groups in total. The summed E-state index contributed by atoms with van der Waals surface area (Å²) in [6, 6.07) is 31.2. The number of anilines is 1. The number of aryl methyl sites for hydroxylation is 2. The van der Waals surface area contributed by atoms with Gasteiger partial charge in [-0.15, -0.1) is 0 Å². The van der Waals surface area contributed by atoms with E-state index in [1.165, 1.54) is 42.0 Å². The summed E-state index contributed by atoms with van der Waals surface area (Å²) in [5, 5.41) is 9.46. The first-order chi connectivity index (χ1) is 18.2. The summed E-state index contributed by atoms with van der Waals surface area (Å²) >= 11 is 0. The fourth-order valence-electron chi connectivity index (χ4n) is 4.41. The molecule has 0 amide bonds. The van der Waals surface area contributed by atoms with E-state index in [9.17, 15) is 0 Å². The van der Waals surface area contributed by atoms with Crippen LogP contribution in [0.4, 0.5) is 11.4 Å². The highest BCUT2D eigenvalue weighted by Crippen LogP contribution is 2.25. The fourth-order valence-corrected chi connectivity index (χ4v) is 4.41. The van der Waals surface area contributed by atoms with Gasteiger partial charge in [-0.3, -0.25) is 0 Å². The highest BCUT2D eigenvalue weighted by atomic mass is 16.5. The van der Waals surface area contributed by atoms with Crippen molar-refractivity contribution >= 4 is 28.1 Å². The Morgan fingerprint density at radius 3 is 2.19 bits per heavy atom. The SMILES string of the molecule is Cc1ccccc1/N=C(/NCCCCCCCCOc1cccc2ccccc12)Nc1ccccc1C. The van der Waals surface area contributed by atoms with E-state index in [2.05, 4.69) is 97.3 Å². The summed E-state index contributed by atoms with van der Waals surface area (Å²) in [5.74, 6) is 1.79. The molecule has 0 bridgehead atoms. The number of para-hydroxylation sites is 2. The quantitative estimate of drug-likeness (QED) is 0.118. The van der Waals surface area contributed by atoms with E-state index in [1.807, 2.05) is 18.2 Å². The van der Waals surface area contributed by atoms with Crippen LogP contribution in [0.2, 0.25) is 0 Å². The van der Waals surface area contributed by atoms with Gasteiger partial charge in [0.05, 0.1) is 12.3 Å². The molecule has 0 saturated heterocycles. The van der Waals surface area contributed by atoms with Gasteiger partial charge in [-0.2, -0.15) is 0 Å². The summed E-state index contributed by atoms with van der Waals surface area (Å²) in [6.07, 6.45) is 7.10. The molecule has 4 aromatic carbocycles. The minimum absolute atomic E-state index is 0.777. The third-order valence-electron chi connectivity index (χ3n) is 6.62. The van der Waals surface area contributed by atoms with Gasteiger partial charge < -0.3 is 15.4 Å². The van der Waals surface area contributed by atoms with Crippen molar-refractivity contribution in [3.63, 3.8) is 0 Å². The molecule has 0 radical (unpaired) electrons. The standard InChI is InChI=1S/C33H39N3O/c1-26-16-7-11-21-30(26)35-33(36-31-22-12-8-17-27(31)2)34-24-13-5-3-4-6-14-25-37-32-23-15-19-28-18-9-10-20-29(28)32/h7-12,15-23H,3-6,13-14,24-25H2,1-2H3,(H2,34,35,36). The van der Waals surface area contributed by atoms with Crippen LogP contribution < -0.4 is 15.4 Å². The summed E-state index contributed by atoms with van der Waals surface area (Å²) in [5.41, 5.74) is 4.42. The second-order valence-electron chi connectivity index (χ2n) is 9.56. The van der Waals surface area contributed by atoms with Gasteiger partial charge in [0.15, 0.2) is 0 Å². The maximum absolute atomic E-state index is 6.07. The third kappa shape index (κ3) is 8.11. The zero-order valence-corrected chi connectivity index (χ0v) is 22.2. The highest BCUT2D eigenvalue weighted by molar-refractivity contribution is 5.96. The Bertz CT molecular complexity index is 1290. The van der Waals surface area contributed by atoms with Crippen LogP contribution in [-0.2, 0) is 0 Å². The molecule has 192 valence electrons. The number of nitrogens with zero attached hydrogens (tertiary/aromatic N) is 1. The van der Waals surface area contributed by atoms with Crippen LogP contribution in [0.25, 0.3) is 10.8 Å². The number of ether oxygens (including phenoxy) is 1. The number of aliphatic imine (C=N–C) groups is 1. The van der Waals surface area contributed by atoms with Crippen LogP contribution in [0, 0.1) is 13.8 Å². The van der Waals surface area contributed by atoms with Crippen molar-refractivity contribution in [1.29, 1.82) is 0 Å². The molecule has 0 atom stereocenters. The van der Waals surface area contributed by atoms with Gasteiger partial charge >= 0.3 is 0 Å². The molecule has 0 unspecified atom stereocenters. The molecule has 0 aliphatic carbocycles. The first-order valence-corrected chi connectivity index (χ1v) is 13.5. The Hall–Kier alpha value is -3.79. The molecule has 4 nitrogen and oxygen atoms in total. The van der Waals surface area contributed by atoms with Gasteiger partial charge in [-0.25, -0.2) is 4.99 Å². The minimum Gasteiger partial charge on any atom is -0.493 e. The lowest BCUT2D eigenvalue weighted by atomic mass is 10.1. The molecule has 4 rings (SSSR count). The Labute approximate surface area is 221 Å². The van der Waals surface area contributed by atoms with Crippen molar-refractivity contribution in [1.82, 2.24) is 5.32 Å². The van der Waals surface area contributed by atoms with Crippen molar-refractivity contribution in [2.75, 3.05) is 18.5 Å². The van der Waals surface area contributed by atoms with Crippen LogP contribution >= 0.6 is 0 Å². The number of rotatable bonds is 12. The van der Waals surface area contributed by atoms with Crippen LogP contribution in [0.15, 0.2) is 96.0 Å². The van der Waals surface area contributed by atoms with Gasteiger partial charge in [0.1, 0.15) is 5.75 Å². The van der Waals surface area contributed by atoms with E-state index < -0.39 is 0 Å². The minimum atomic E-state index is 0.777. The first kappa shape index (κ1) is 26.3. The molecule has 0 aliphatic heterocycles. The molecule has 0 aromatic heterocycles. The molecule has 0 fully saturated rings. The largest absolute Gasteiger partial charge is 0.493 e. The Morgan fingerprint density at radius 2 is 1.35 bits per heavy atom. The van der Waals surface area contributed by atoms with E-state index in [0.717, 1.165) is 54.6 Å². The molecule has 0 aliphatic rings. The molecule has 37 heavy (non-hydrogen) atoms. The fraction of sp³-hybridized carbons (Fsp3) is 0.303. The second-order valence-corrected chi connectivity index (χ2v) is 9.56. The number of hydrogen-bond acceptors (Lipinski definition) is 2. The summed E-state index contributed by atoms with van der Waals surface area (Å²) in [7, 11) is 0. The Morgan fingerprint density at radius 1 is 0.676 bits per heavy atom. The lowest BCUT2D eigenvalue weighted by Gasteiger charge is -2.15. The average molecular weight is 494 g/mol. The molecule has 0 saturated carbocycles. The maximum atomic E-state index is 6.07. The molecule has 0 heterocycles. The smallest absolute Gasteiger partial charge is 0.201 e. The zero-order valence-electron chi connectivity index (χ0n) is 22.2. The summed E-state index contributed by atoms with van der Waals surface area (Å²) in [6.45, 7) is 5.88. The number of hydrogen-bond donors (Lipinski definition) is 2. The Kier molecular flexibility index (Phi) is 10.00. The number of unbranched alkanes of at least 4 members (excludes halogenated alkanes) is 5. The average Bonchev–Trinajstić information content (AvgIpc) is 2.92. The van der Waals surface area contributed by atoms with Crippen molar-refractivity contribution in [2.45, 2.75) is 52.4 Å². The van der Waals surface area contributed by atoms with E-state index >= 15 is 0 Å². The highest BCUT2D eigenvalue weighted by Gasteiger charge is 2.05. The Balaban J connectivity index is 1.16. The monoisotopic (exact) mass is 493 g/mol. The van der Waals surface area contributed by atoms with E-state index in [0.29, 0.717) is 0 Å². The topological polar surface area (TPSA) is 45.7 Å². The number of guanidine groups is 1. The van der Waals surface area contributed by atoms with Gasteiger partial charge in [-0.05, 0) is 61.4 Å². The van der Waals surface area contributed by atoms with Crippen molar-refractivity contribution in [3.8, 4) is 5.75 Å². The van der Waals surface area contributed by atoms with E-state index in [4.69, 9.17) is 9.73 Å². The molecule has 4 heteroatoms. The van der Waals surface area contributed by atoms with Crippen molar-refractivity contribution < 1.29 is 4.74 Å². The number of benzene rings is 4. The van der Waals surface area contributed by atoms with Gasteiger partial charge in [0, 0.05) is 17.6 Å². The third-order valence-corrected chi connectivity index (χ3v) is 6.62. The first-order valence-electron chi connectivity index (χ1n) is 13.5. The van der Waals surface area contributed by atoms with Gasteiger partial charge in [0.2, 0.25) is 5.96 Å². The predicted octanol–water partition coefficient (Wildman–Crippen LogP) is 8.57. The number of fused-ring (bicyclic) bond motifs is 1. The lowest BCUT2D eigenvalue weighted by molar-refractivity contribution is 0.307. The summed E-state index contributed by atoms with van der Waals surface area (Å²) < 4.78 is 6.07. The lowest BCUT2D eigenvalue weighted by Crippen LogP contribution is -2.31. The normalized spacial score (nSPS) is 11.5. The van der Waals surface area contributed by atoms with Crippen LogP contribution in [0.5, 0.6) is 5.75 Å². The zero-order chi connectivity index (χ0) is 25.7. The van der Waals surface area contributed by atoms with Crippen LogP contribution in [-0.4, -0.2) is 19.1 Å². The molecule has 4 aromatic rings. The van der Waals surface area contributed by atoms with Crippen LogP contribution in [0.1, 0.15) is 49.7 Å². The second kappa shape index (κ2) is 14.1. The molecular formula is C33H39N3O. The van der Waals surface area contributed by atoms with E-state index in [-0.39, 0.29) is 0 Å².